The van der Waals surface area contributed by atoms with E-state index in [1.165, 1.54) is 34.4 Å². The van der Waals surface area contributed by atoms with Crippen LogP contribution in [0.15, 0.2) is 60.3 Å². The number of aryl methyl sites for hydroxylation is 1. The van der Waals surface area contributed by atoms with Crippen LogP contribution in [0.2, 0.25) is 0 Å². The van der Waals surface area contributed by atoms with Crippen LogP contribution in [0.25, 0.3) is 11.8 Å². The molecule has 1 unspecified atom stereocenters. The number of rotatable bonds is 6. The van der Waals surface area contributed by atoms with Crippen LogP contribution in [0.5, 0.6) is 0 Å². The lowest BCUT2D eigenvalue weighted by molar-refractivity contribution is 0.0320. The van der Waals surface area contributed by atoms with E-state index in [1.807, 2.05) is 10.9 Å². The smallest absolute Gasteiger partial charge is 0.123 e. The van der Waals surface area contributed by atoms with Crippen LogP contribution in [0.3, 0.4) is 0 Å². The van der Waals surface area contributed by atoms with Crippen LogP contribution in [0.1, 0.15) is 55.7 Å². The Hall–Kier alpha value is -2.72. The fourth-order valence-electron chi connectivity index (χ4n) is 4.46. The van der Waals surface area contributed by atoms with E-state index in [1.54, 1.807) is 12.1 Å². The summed E-state index contributed by atoms with van der Waals surface area (Å²) in [6.07, 6.45) is 6.05. The minimum Gasteiger partial charge on any atom is -0.374 e. The largest absolute Gasteiger partial charge is 0.374 e. The number of hydrogen-bond donors (Lipinski definition) is 0. The van der Waals surface area contributed by atoms with E-state index in [-0.39, 0.29) is 17.3 Å². The summed E-state index contributed by atoms with van der Waals surface area (Å²) in [5.41, 5.74) is 7.00. The predicted molar refractivity (Wildman–Crippen MR) is 119 cm³/mol. The molecule has 0 bridgehead atoms. The highest BCUT2D eigenvalue weighted by atomic mass is 19.1. The lowest BCUT2D eigenvalue weighted by Crippen LogP contribution is -2.28. The Labute approximate surface area is 178 Å². The van der Waals surface area contributed by atoms with Gasteiger partial charge < -0.3 is 4.74 Å². The lowest BCUT2D eigenvalue weighted by Gasteiger charge is -2.37. The molecule has 1 aromatic heterocycles. The van der Waals surface area contributed by atoms with Gasteiger partial charge in [-0.25, -0.2) is 9.07 Å². The van der Waals surface area contributed by atoms with Crippen molar-refractivity contribution in [3.63, 3.8) is 0 Å². The molecule has 30 heavy (non-hydrogen) atoms. The Morgan fingerprint density at radius 1 is 1.13 bits per heavy atom. The Bertz CT molecular complexity index is 1070. The minimum absolute atomic E-state index is 0.0220. The molecule has 0 saturated heterocycles. The van der Waals surface area contributed by atoms with Gasteiger partial charge in [-0.15, -0.1) is 0 Å². The maximum absolute atomic E-state index is 13.3. The summed E-state index contributed by atoms with van der Waals surface area (Å²) in [5, 5.41) is 4.60. The molecule has 0 saturated carbocycles. The normalized spacial score (nSPS) is 19.3. The van der Waals surface area contributed by atoms with Gasteiger partial charge in [0.2, 0.25) is 0 Å². The van der Waals surface area contributed by atoms with Gasteiger partial charge in [0.1, 0.15) is 5.82 Å². The molecule has 0 aliphatic heterocycles. The van der Waals surface area contributed by atoms with Gasteiger partial charge in [0.05, 0.1) is 23.7 Å². The van der Waals surface area contributed by atoms with Crippen molar-refractivity contribution >= 4 is 6.08 Å². The number of allylic oxidation sites excluding steroid dienone is 1. The minimum atomic E-state index is -0.239. The predicted octanol–water partition coefficient (Wildman–Crippen LogP) is 6.45. The molecule has 4 heteroatoms. The Morgan fingerprint density at radius 2 is 1.87 bits per heavy atom. The molecular formula is C26H29FN2O. The monoisotopic (exact) mass is 404 g/mol. The van der Waals surface area contributed by atoms with E-state index in [4.69, 9.17) is 4.74 Å². The zero-order chi connectivity index (χ0) is 21.3. The molecule has 0 amide bonds. The molecule has 2 atom stereocenters. The van der Waals surface area contributed by atoms with Crippen LogP contribution in [0.4, 0.5) is 4.39 Å². The third kappa shape index (κ3) is 3.84. The van der Waals surface area contributed by atoms with Gasteiger partial charge in [0.15, 0.2) is 0 Å². The number of benzene rings is 2. The molecule has 0 N–H and O–H groups in total. The summed E-state index contributed by atoms with van der Waals surface area (Å²) in [6.45, 7) is 9.42. The lowest BCUT2D eigenvalue weighted by atomic mass is 9.69. The van der Waals surface area contributed by atoms with Gasteiger partial charge in [-0.2, -0.15) is 5.10 Å². The molecule has 3 aromatic rings. The molecule has 0 radical (unpaired) electrons. The molecule has 0 fully saturated rings. The summed E-state index contributed by atoms with van der Waals surface area (Å²) in [7, 11) is 0. The van der Waals surface area contributed by atoms with Crippen molar-refractivity contribution in [2.45, 2.75) is 46.6 Å². The van der Waals surface area contributed by atoms with Crippen LogP contribution in [-0.2, 0) is 11.2 Å². The highest BCUT2D eigenvalue weighted by Crippen LogP contribution is 2.45. The van der Waals surface area contributed by atoms with Crippen molar-refractivity contribution in [2.24, 2.45) is 5.41 Å². The number of aromatic nitrogens is 2. The standard InChI is InChI=1S/C26H29FN2O/c1-5-30-25(23-9-7-6-8-18(23)2)16-26(4)15-20-17-28-29(24(20)14-19(26)3)22-12-10-21(27)11-13-22/h6-14,17,25H,5,15-16H2,1-4H3/t25?,26-/m1/s1. The van der Waals surface area contributed by atoms with Gasteiger partial charge >= 0.3 is 0 Å². The van der Waals surface area contributed by atoms with Gasteiger partial charge in [0, 0.05) is 6.61 Å². The van der Waals surface area contributed by atoms with Crippen molar-refractivity contribution in [1.29, 1.82) is 0 Å². The van der Waals surface area contributed by atoms with E-state index >= 15 is 0 Å². The molecule has 156 valence electrons. The van der Waals surface area contributed by atoms with Crippen LogP contribution in [0, 0.1) is 18.2 Å². The summed E-state index contributed by atoms with van der Waals surface area (Å²) >= 11 is 0. The molecule has 4 rings (SSSR count). The molecule has 1 aliphatic carbocycles. The Morgan fingerprint density at radius 3 is 2.57 bits per heavy atom. The van der Waals surface area contributed by atoms with Gasteiger partial charge in [-0.1, -0.05) is 36.8 Å². The van der Waals surface area contributed by atoms with E-state index in [2.05, 4.69) is 63.1 Å². The van der Waals surface area contributed by atoms with Crippen LogP contribution < -0.4 is 0 Å². The third-order valence-electron chi connectivity index (χ3n) is 6.38. The van der Waals surface area contributed by atoms with Gasteiger partial charge in [0.25, 0.3) is 0 Å². The van der Waals surface area contributed by atoms with Crippen molar-refractivity contribution < 1.29 is 9.13 Å². The topological polar surface area (TPSA) is 27.1 Å². The van der Waals surface area contributed by atoms with E-state index < -0.39 is 0 Å². The maximum Gasteiger partial charge on any atom is 0.123 e. The zero-order valence-electron chi connectivity index (χ0n) is 18.2. The fraction of sp³-hybridized carbons (Fsp3) is 0.346. The Balaban J connectivity index is 1.65. The second-order valence-corrected chi connectivity index (χ2v) is 8.51. The van der Waals surface area contributed by atoms with Crippen molar-refractivity contribution in [2.75, 3.05) is 6.61 Å². The SMILES string of the molecule is CCOC(C[C@@]1(C)Cc2cnn(-c3ccc(F)cc3)c2C=C1C)c1ccccc1C. The molecule has 1 heterocycles. The number of ether oxygens (including phenoxy) is 1. The summed E-state index contributed by atoms with van der Waals surface area (Å²) in [5.74, 6) is -0.239. The van der Waals surface area contributed by atoms with Crippen molar-refractivity contribution in [1.82, 2.24) is 9.78 Å². The van der Waals surface area contributed by atoms with Gasteiger partial charge in [-0.3, -0.25) is 0 Å². The number of nitrogens with zero attached hydrogens (tertiary/aromatic N) is 2. The first-order valence-electron chi connectivity index (χ1n) is 10.6. The first kappa shape index (κ1) is 20.5. The van der Waals surface area contributed by atoms with Crippen molar-refractivity contribution in [3.05, 3.63) is 88.5 Å². The van der Waals surface area contributed by atoms with Gasteiger partial charge in [-0.05, 0) is 86.1 Å². The molecule has 1 aliphatic rings. The van der Waals surface area contributed by atoms with Crippen LogP contribution >= 0.6 is 0 Å². The summed E-state index contributed by atoms with van der Waals surface area (Å²) < 4.78 is 21.4. The van der Waals surface area contributed by atoms with E-state index in [0.717, 1.165) is 24.2 Å². The van der Waals surface area contributed by atoms with E-state index in [9.17, 15) is 4.39 Å². The van der Waals surface area contributed by atoms with Crippen molar-refractivity contribution in [3.8, 4) is 5.69 Å². The average molecular weight is 405 g/mol. The first-order chi connectivity index (χ1) is 14.4. The fourth-order valence-corrected chi connectivity index (χ4v) is 4.46. The number of fused-ring (bicyclic) bond motifs is 1. The number of halogens is 1. The quantitative estimate of drug-likeness (QED) is 0.472. The third-order valence-corrected chi connectivity index (χ3v) is 6.38. The summed E-state index contributed by atoms with van der Waals surface area (Å²) in [4.78, 5) is 0. The average Bonchev–Trinajstić information content (AvgIpc) is 3.11. The highest BCUT2D eigenvalue weighted by molar-refractivity contribution is 5.60. The first-order valence-corrected chi connectivity index (χ1v) is 10.6. The molecule has 0 spiro atoms. The second-order valence-electron chi connectivity index (χ2n) is 8.51. The molecular weight excluding hydrogens is 375 g/mol. The summed E-state index contributed by atoms with van der Waals surface area (Å²) in [6, 6.07) is 15.0. The zero-order valence-corrected chi connectivity index (χ0v) is 18.2. The number of hydrogen-bond acceptors (Lipinski definition) is 2. The Kier molecular flexibility index (Phi) is 5.61. The molecule has 3 nitrogen and oxygen atoms in total. The second kappa shape index (κ2) is 8.19. The molecule has 2 aromatic carbocycles. The highest BCUT2D eigenvalue weighted by Gasteiger charge is 2.36. The van der Waals surface area contributed by atoms with E-state index in [0.29, 0.717) is 6.61 Å². The maximum atomic E-state index is 13.3. The van der Waals surface area contributed by atoms with Crippen LogP contribution in [-0.4, -0.2) is 16.4 Å².